The summed E-state index contributed by atoms with van der Waals surface area (Å²) in [5, 5.41) is 9.25. The van der Waals surface area contributed by atoms with E-state index in [0.29, 0.717) is 24.5 Å². The number of ether oxygens (including phenoxy) is 1. The van der Waals surface area contributed by atoms with E-state index < -0.39 is 29.6 Å². The molecule has 1 fully saturated rings. The van der Waals surface area contributed by atoms with Crippen molar-refractivity contribution in [2.75, 3.05) is 6.61 Å². The molecule has 3 atom stereocenters. The van der Waals surface area contributed by atoms with Gasteiger partial charge < -0.3 is 9.84 Å². The first-order valence-electron chi connectivity index (χ1n) is 9.47. The molecule has 1 saturated carbocycles. The molecule has 0 bridgehead atoms. The van der Waals surface area contributed by atoms with E-state index in [-0.39, 0.29) is 6.61 Å². The van der Waals surface area contributed by atoms with Crippen molar-refractivity contribution in [3.8, 4) is 5.75 Å². The largest absolute Gasteiger partial charge is 0.483 e. The number of aliphatic carboxylic acids is 1. The maximum atomic E-state index is 12.2. The lowest BCUT2D eigenvalue weighted by Crippen LogP contribution is -2.49. The molecular formula is C20H28N2O5. The molecule has 7 heteroatoms. The van der Waals surface area contributed by atoms with Gasteiger partial charge in [0.05, 0.1) is 11.8 Å². The molecule has 2 amide bonds. The van der Waals surface area contributed by atoms with Crippen molar-refractivity contribution in [1.82, 2.24) is 10.9 Å². The second-order valence-electron chi connectivity index (χ2n) is 7.01. The number of carboxylic acid groups (broad SMARTS) is 1. The molecule has 148 valence electrons. The van der Waals surface area contributed by atoms with Crippen LogP contribution in [0.15, 0.2) is 24.3 Å². The quantitative estimate of drug-likeness (QED) is 0.635. The molecule has 1 aromatic rings. The highest BCUT2D eigenvalue weighted by Crippen LogP contribution is 2.30. The molecule has 1 aliphatic carbocycles. The highest BCUT2D eigenvalue weighted by molar-refractivity contribution is 5.87. The van der Waals surface area contributed by atoms with E-state index in [9.17, 15) is 19.5 Å². The first-order chi connectivity index (χ1) is 12.9. The van der Waals surface area contributed by atoms with Gasteiger partial charge in [-0.2, -0.15) is 0 Å². The molecule has 27 heavy (non-hydrogen) atoms. The topological polar surface area (TPSA) is 105 Å². The number of carboxylic acids is 1. The van der Waals surface area contributed by atoms with Gasteiger partial charge in [-0.15, -0.1) is 0 Å². The number of hydrogen-bond acceptors (Lipinski definition) is 4. The molecule has 0 saturated heterocycles. The molecule has 3 unspecified atom stereocenters. The second kappa shape index (κ2) is 9.94. The third-order valence-corrected chi connectivity index (χ3v) is 5.17. The fourth-order valence-corrected chi connectivity index (χ4v) is 3.38. The van der Waals surface area contributed by atoms with Gasteiger partial charge in [0, 0.05) is 0 Å². The maximum Gasteiger partial charge on any atom is 0.307 e. The molecule has 1 aliphatic rings. The summed E-state index contributed by atoms with van der Waals surface area (Å²) >= 11 is 0. The second-order valence-corrected chi connectivity index (χ2v) is 7.01. The van der Waals surface area contributed by atoms with Crippen LogP contribution in [0.1, 0.15) is 57.4 Å². The molecule has 7 nitrogen and oxygen atoms in total. The normalized spacial score (nSPS) is 20.4. The number of para-hydroxylation sites is 1. The van der Waals surface area contributed by atoms with Crippen LogP contribution in [0.5, 0.6) is 5.75 Å². The number of hydrazine groups is 1. The number of rotatable bonds is 7. The minimum absolute atomic E-state index is 0.235. The molecule has 0 aliphatic heterocycles. The SMILES string of the molecule is CCC(C)c1ccccc1OCC(=O)NNC(=O)C1CCCCC1C(=O)O. The van der Waals surface area contributed by atoms with Gasteiger partial charge in [-0.05, 0) is 36.8 Å². The summed E-state index contributed by atoms with van der Waals surface area (Å²) in [5.41, 5.74) is 5.69. The van der Waals surface area contributed by atoms with Gasteiger partial charge >= 0.3 is 5.97 Å². The fourth-order valence-electron chi connectivity index (χ4n) is 3.38. The van der Waals surface area contributed by atoms with Gasteiger partial charge in [-0.25, -0.2) is 0 Å². The highest BCUT2D eigenvalue weighted by Gasteiger charge is 2.35. The van der Waals surface area contributed by atoms with Crippen molar-refractivity contribution in [2.24, 2.45) is 11.8 Å². The number of nitrogens with one attached hydrogen (secondary N) is 2. The summed E-state index contributed by atoms with van der Waals surface area (Å²) in [6.45, 7) is 3.94. The first-order valence-corrected chi connectivity index (χ1v) is 9.47. The average molecular weight is 376 g/mol. The van der Waals surface area contributed by atoms with Gasteiger partial charge in [0.15, 0.2) is 6.61 Å². The average Bonchev–Trinajstić information content (AvgIpc) is 2.69. The minimum atomic E-state index is -0.967. The fraction of sp³-hybridized carbons (Fsp3) is 0.550. The lowest BCUT2D eigenvalue weighted by atomic mass is 9.79. The lowest BCUT2D eigenvalue weighted by Gasteiger charge is -2.27. The first kappa shape index (κ1) is 20.7. The molecule has 3 N–H and O–H groups in total. The summed E-state index contributed by atoms with van der Waals surface area (Å²) in [7, 11) is 0. The molecule has 0 heterocycles. The van der Waals surface area contributed by atoms with E-state index in [1.54, 1.807) is 0 Å². The smallest absolute Gasteiger partial charge is 0.307 e. The van der Waals surface area contributed by atoms with Gasteiger partial charge in [0.2, 0.25) is 5.91 Å². The zero-order valence-electron chi connectivity index (χ0n) is 15.9. The summed E-state index contributed by atoms with van der Waals surface area (Å²) in [6.07, 6.45) is 3.56. The van der Waals surface area contributed by atoms with Crippen molar-refractivity contribution < 1.29 is 24.2 Å². The van der Waals surface area contributed by atoms with E-state index in [1.807, 2.05) is 24.3 Å². The highest BCUT2D eigenvalue weighted by atomic mass is 16.5. The van der Waals surface area contributed by atoms with Crippen LogP contribution < -0.4 is 15.6 Å². The van der Waals surface area contributed by atoms with E-state index >= 15 is 0 Å². The van der Waals surface area contributed by atoms with Crippen LogP contribution >= 0.6 is 0 Å². The predicted octanol–water partition coefficient (Wildman–Crippen LogP) is 2.62. The van der Waals surface area contributed by atoms with Crippen LogP contribution in [-0.2, 0) is 14.4 Å². The molecule has 2 rings (SSSR count). The Balaban J connectivity index is 1.84. The van der Waals surface area contributed by atoms with E-state index in [4.69, 9.17) is 4.74 Å². The molecule has 0 radical (unpaired) electrons. The summed E-state index contributed by atoms with van der Waals surface area (Å²) < 4.78 is 5.60. The standard InChI is InChI=1S/C20H28N2O5/c1-3-13(2)14-8-6-7-11-17(14)27-12-18(23)21-22-19(24)15-9-4-5-10-16(15)20(25)26/h6-8,11,13,15-16H,3-5,9-10,12H2,1-2H3,(H,21,23)(H,22,24)(H,25,26). The third kappa shape index (κ3) is 5.70. The number of carbonyl (C=O) groups is 3. The van der Waals surface area contributed by atoms with Crippen molar-refractivity contribution in [2.45, 2.75) is 51.9 Å². The zero-order valence-corrected chi connectivity index (χ0v) is 15.9. The number of benzene rings is 1. The van der Waals surface area contributed by atoms with Crippen LogP contribution in [-0.4, -0.2) is 29.5 Å². The van der Waals surface area contributed by atoms with Crippen molar-refractivity contribution in [3.05, 3.63) is 29.8 Å². The molecule has 0 spiro atoms. The predicted molar refractivity (Wildman–Crippen MR) is 100 cm³/mol. The van der Waals surface area contributed by atoms with Gasteiger partial charge in [-0.3, -0.25) is 25.2 Å². The van der Waals surface area contributed by atoms with Crippen LogP contribution in [0.25, 0.3) is 0 Å². The Hall–Kier alpha value is -2.57. The lowest BCUT2D eigenvalue weighted by molar-refractivity contribution is -0.149. The molecule has 1 aromatic carbocycles. The van der Waals surface area contributed by atoms with Crippen LogP contribution in [0.2, 0.25) is 0 Å². The summed E-state index contributed by atoms with van der Waals surface area (Å²) in [5.74, 6) is -2.29. The Bertz CT molecular complexity index is 676. The Morgan fingerprint density at radius 3 is 2.48 bits per heavy atom. The van der Waals surface area contributed by atoms with E-state index in [2.05, 4.69) is 24.7 Å². The Morgan fingerprint density at radius 1 is 1.15 bits per heavy atom. The summed E-state index contributed by atoms with van der Waals surface area (Å²) in [4.78, 5) is 35.5. The van der Waals surface area contributed by atoms with Gasteiger partial charge in [0.25, 0.3) is 5.91 Å². The third-order valence-electron chi connectivity index (χ3n) is 5.17. The zero-order chi connectivity index (χ0) is 19.8. The van der Waals surface area contributed by atoms with Gasteiger partial charge in [-0.1, -0.05) is 44.9 Å². The Morgan fingerprint density at radius 2 is 1.81 bits per heavy atom. The van der Waals surface area contributed by atoms with E-state index in [0.717, 1.165) is 24.8 Å². The number of amides is 2. The van der Waals surface area contributed by atoms with Crippen LogP contribution in [0.4, 0.5) is 0 Å². The van der Waals surface area contributed by atoms with Crippen molar-refractivity contribution in [3.63, 3.8) is 0 Å². The monoisotopic (exact) mass is 376 g/mol. The van der Waals surface area contributed by atoms with Crippen LogP contribution in [0, 0.1) is 11.8 Å². The van der Waals surface area contributed by atoms with Gasteiger partial charge in [0.1, 0.15) is 5.75 Å². The molecule has 0 aromatic heterocycles. The molecular weight excluding hydrogens is 348 g/mol. The maximum absolute atomic E-state index is 12.2. The Labute approximate surface area is 159 Å². The summed E-state index contributed by atoms with van der Waals surface area (Å²) in [6, 6.07) is 7.55. The number of carbonyl (C=O) groups excluding carboxylic acids is 2. The van der Waals surface area contributed by atoms with E-state index in [1.165, 1.54) is 0 Å². The minimum Gasteiger partial charge on any atom is -0.483 e. The van der Waals surface area contributed by atoms with Crippen LogP contribution in [0.3, 0.4) is 0 Å². The Kier molecular flexibility index (Phi) is 7.64. The van der Waals surface area contributed by atoms with Crippen molar-refractivity contribution >= 4 is 17.8 Å². The van der Waals surface area contributed by atoms with Crippen molar-refractivity contribution in [1.29, 1.82) is 0 Å². The number of hydrogen-bond donors (Lipinski definition) is 3.